The van der Waals surface area contributed by atoms with E-state index < -0.39 is 29.6 Å². The molecule has 0 bridgehead atoms. The van der Waals surface area contributed by atoms with Crippen LogP contribution in [0.4, 0.5) is 13.2 Å². The zero-order valence-electron chi connectivity index (χ0n) is 12.2. The van der Waals surface area contributed by atoms with Crippen LogP contribution in [-0.2, 0) is 10.2 Å². The maximum atomic E-state index is 13.0. The number of carboxylic acid groups (broad SMARTS) is 1. The molecule has 1 aromatic rings. The summed E-state index contributed by atoms with van der Waals surface area (Å²) in [6.07, 6.45) is -6.38. The fraction of sp³-hybridized carbons (Fsp3) is 0.500. The van der Waals surface area contributed by atoms with Crippen molar-refractivity contribution >= 4 is 17.6 Å². The molecule has 0 amide bonds. The first kappa shape index (κ1) is 18.6. The summed E-state index contributed by atoms with van der Waals surface area (Å²) in [7, 11) is 1.32. The zero-order chi connectivity index (χ0) is 17.3. The van der Waals surface area contributed by atoms with E-state index in [4.69, 9.17) is 21.4 Å². The fourth-order valence-corrected chi connectivity index (χ4v) is 2.42. The van der Waals surface area contributed by atoms with Gasteiger partial charge in [0, 0.05) is 11.4 Å². The number of ether oxygens (including phenoxy) is 1. The van der Waals surface area contributed by atoms with Crippen molar-refractivity contribution in [1.82, 2.24) is 0 Å². The van der Waals surface area contributed by atoms with E-state index in [1.807, 2.05) is 0 Å². The summed E-state index contributed by atoms with van der Waals surface area (Å²) in [6.45, 7) is 2.77. The van der Waals surface area contributed by atoms with Crippen molar-refractivity contribution in [2.24, 2.45) is 0 Å². The first-order valence-electron chi connectivity index (χ1n) is 6.21. The second-order valence-electron chi connectivity index (χ2n) is 5.57. The molecule has 1 unspecified atom stereocenters. The maximum Gasteiger partial charge on any atom is 0.428 e. The van der Waals surface area contributed by atoms with E-state index in [-0.39, 0.29) is 5.75 Å². The molecule has 0 aromatic heterocycles. The van der Waals surface area contributed by atoms with Crippen molar-refractivity contribution in [2.75, 3.05) is 7.11 Å². The third kappa shape index (κ3) is 3.47. The van der Waals surface area contributed by atoms with Crippen LogP contribution in [0.5, 0.6) is 5.75 Å². The Morgan fingerprint density at radius 2 is 1.86 bits per heavy atom. The van der Waals surface area contributed by atoms with Crippen LogP contribution in [0.3, 0.4) is 0 Å². The Labute approximate surface area is 130 Å². The summed E-state index contributed by atoms with van der Waals surface area (Å²) in [5, 5.41) is 18.8. The van der Waals surface area contributed by atoms with Gasteiger partial charge in [0.1, 0.15) is 5.75 Å². The van der Waals surface area contributed by atoms with E-state index in [0.29, 0.717) is 10.6 Å². The largest absolute Gasteiger partial charge is 0.496 e. The number of hydrogen-bond donors (Lipinski definition) is 2. The summed E-state index contributed by atoms with van der Waals surface area (Å²) in [6, 6.07) is 4.31. The first-order valence-corrected chi connectivity index (χ1v) is 6.59. The molecule has 22 heavy (non-hydrogen) atoms. The van der Waals surface area contributed by atoms with Crippen molar-refractivity contribution in [1.29, 1.82) is 0 Å². The van der Waals surface area contributed by atoms with Crippen LogP contribution in [-0.4, -0.2) is 35.1 Å². The Hall–Kier alpha value is -1.47. The summed E-state index contributed by atoms with van der Waals surface area (Å²) in [5.41, 5.74) is -4.89. The van der Waals surface area contributed by atoms with E-state index >= 15 is 0 Å². The van der Waals surface area contributed by atoms with Gasteiger partial charge in [-0.3, -0.25) is 0 Å². The molecule has 0 heterocycles. The predicted molar refractivity (Wildman–Crippen MR) is 74.3 cm³/mol. The molecular weight excluding hydrogens is 325 g/mol. The van der Waals surface area contributed by atoms with Crippen LogP contribution >= 0.6 is 11.6 Å². The number of rotatable bonds is 5. The molecule has 0 radical (unpaired) electrons. The van der Waals surface area contributed by atoms with Crippen LogP contribution in [0.25, 0.3) is 0 Å². The van der Waals surface area contributed by atoms with Crippen molar-refractivity contribution in [3.8, 4) is 5.75 Å². The molecule has 4 nitrogen and oxygen atoms in total. The smallest absolute Gasteiger partial charge is 0.428 e. The average molecular weight is 341 g/mol. The summed E-state index contributed by atoms with van der Waals surface area (Å²) in [5.74, 6) is -2.13. The van der Waals surface area contributed by atoms with Crippen molar-refractivity contribution in [3.05, 3.63) is 28.8 Å². The lowest BCUT2D eigenvalue weighted by Gasteiger charge is -2.35. The van der Waals surface area contributed by atoms with Crippen molar-refractivity contribution in [2.45, 2.75) is 37.5 Å². The fourth-order valence-electron chi connectivity index (χ4n) is 2.26. The normalized spacial score (nSPS) is 15.3. The molecule has 1 rings (SSSR count). The zero-order valence-corrected chi connectivity index (χ0v) is 12.9. The SMILES string of the molecule is COc1cc(Cl)ccc1C(C)(C)CC(O)(C(=O)O)C(F)(F)F. The minimum absolute atomic E-state index is 0.215. The van der Waals surface area contributed by atoms with E-state index in [0.717, 1.165) is 0 Å². The average Bonchev–Trinajstić information content (AvgIpc) is 2.35. The number of carbonyl (C=O) groups is 1. The van der Waals surface area contributed by atoms with Crippen LogP contribution in [0.1, 0.15) is 25.8 Å². The van der Waals surface area contributed by atoms with Gasteiger partial charge < -0.3 is 14.9 Å². The van der Waals surface area contributed by atoms with Gasteiger partial charge in [0.15, 0.2) is 0 Å². The number of aliphatic hydroxyl groups is 1. The maximum absolute atomic E-state index is 13.0. The van der Waals surface area contributed by atoms with Crippen LogP contribution in [0, 0.1) is 0 Å². The minimum Gasteiger partial charge on any atom is -0.496 e. The number of halogens is 4. The summed E-state index contributed by atoms with van der Waals surface area (Å²) in [4.78, 5) is 11.0. The van der Waals surface area contributed by atoms with E-state index in [1.165, 1.54) is 39.2 Å². The quantitative estimate of drug-likeness (QED) is 0.862. The third-order valence-corrected chi connectivity index (χ3v) is 3.65. The molecule has 0 aliphatic heterocycles. The molecule has 0 fully saturated rings. The van der Waals surface area contributed by atoms with Gasteiger partial charge >= 0.3 is 12.1 Å². The van der Waals surface area contributed by atoms with Crippen LogP contribution in [0.15, 0.2) is 18.2 Å². The monoisotopic (exact) mass is 340 g/mol. The molecule has 0 spiro atoms. The van der Waals surface area contributed by atoms with Gasteiger partial charge in [-0.1, -0.05) is 31.5 Å². The van der Waals surface area contributed by atoms with Crippen LogP contribution in [0.2, 0.25) is 5.02 Å². The third-order valence-electron chi connectivity index (χ3n) is 3.41. The second kappa shape index (κ2) is 5.96. The lowest BCUT2D eigenvalue weighted by atomic mass is 9.74. The molecule has 8 heteroatoms. The lowest BCUT2D eigenvalue weighted by Crippen LogP contribution is -2.55. The number of aliphatic carboxylic acids is 1. The summed E-state index contributed by atoms with van der Waals surface area (Å²) >= 11 is 5.80. The van der Waals surface area contributed by atoms with Gasteiger partial charge in [-0.25, -0.2) is 4.79 Å². The highest BCUT2D eigenvalue weighted by Gasteiger charge is 2.62. The Balaban J connectivity index is 3.33. The number of methoxy groups -OCH3 is 1. The van der Waals surface area contributed by atoms with Gasteiger partial charge in [-0.15, -0.1) is 0 Å². The molecule has 0 aliphatic carbocycles. The highest BCUT2D eigenvalue weighted by molar-refractivity contribution is 6.30. The van der Waals surface area contributed by atoms with Crippen molar-refractivity contribution in [3.63, 3.8) is 0 Å². The molecular formula is C14H16ClF3O4. The number of hydrogen-bond acceptors (Lipinski definition) is 3. The summed E-state index contributed by atoms with van der Waals surface area (Å²) < 4.78 is 44.0. The molecule has 0 aliphatic rings. The molecule has 124 valence electrons. The number of benzene rings is 1. The standard InChI is InChI=1S/C14H16ClF3O4/c1-12(2,7-13(21,11(19)20)14(16,17)18)9-5-4-8(15)6-10(9)22-3/h4-6,21H,7H2,1-3H3,(H,19,20). The van der Waals surface area contributed by atoms with Crippen LogP contribution < -0.4 is 4.74 Å². The van der Waals surface area contributed by atoms with Gasteiger partial charge in [-0.05, 0) is 23.1 Å². The Bertz CT molecular complexity index is 572. The molecule has 0 saturated heterocycles. The lowest BCUT2D eigenvalue weighted by molar-refractivity contribution is -0.265. The van der Waals surface area contributed by atoms with Gasteiger partial charge in [0.2, 0.25) is 0 Å². The highest BCUT2D eigenvalue weighted by atomic mass is 35.5. The Morgan fingerprint density at radius 1 is 1.32 bits per heavy atom. The first-order chi connectivity index (χ1) is 9.85. The second-order valence-corrected chi connectivity index (χ2v) is 6.00. The Morgan fingerprint density at radius 3 is 2.27 bits per heavy atom. The Kier molecular flexibility index (Phi) is 5.04. The van der Waals surface area contributed by atoms with Gasteiger partial charge in [0.25, 0.3) is 5.60 Å². The van der Waals surface area contributed by atoms with Crippen molar-refractivity contribution < 1.29 is 32.9 Å². The highest BCUT2D eigenvalue weighted by Crippen LogP contribution is 2.44. The predicted octanol–water partition coefficient (Wildman–Crippen LogP) is 3.39. The van der Waals surface area contributed by atoms with E-state index in [1.54, 1.807) is 0 Å². The minimum atomic E-state index is -5.31. The molecule has 1 atom stereocenters. The number of carboxylic acids is 1. The van der Waals surface area contributed by atoms with Gasteiger partial charge in [0.05, 0.1) is 7.11 Å². The molecule has 0 saturated carbocycles. The van der Waals surface area contributed by atoms with E-state index in [2.05, 4.69) is 0 Å². The van der Waals surface area contributed by atoms with E-state index in [9.17, 15) is 23.1 Å². The number of alkyl halides is 3. The molecule has 2 N–H and O–H groups in total. The molecule has 1 aromatic carbocycles. The van der Waals surface area contributed by atoms with Gasteiger partial charge in [-0.2, -0.15) is 13.2 Å². The topological polar surface area (TPSA) is 66.8 Å².